The molecule has 0 aliphatic rings. The molecule has 0 radical (unpaired) electrons. The third-order valence-electron chi connectivity index (χ3n) is 2.77. The van der Waals surface area contributed by atoms with Crippen LogP contribution in [0.3, 0.4) is 0 Å². The third kappa shape index (κ3) is 4.03. The Morgan fingerprint density at radius 2 is 2.00 bits per heavy atom. The minimum absolute atomic E-state index is 0.137. The van der Waals surface area contributed by atoms with Gasteiger partial charge in [-0.15, -0.1) is 0 Å². The summed E-state index contributed by atoms with van der Waals surface area (Å²) in [5, 5.41) is 2.99. The first-order valence-electron chi connectivity index (χ1n) is 5.72. The van der Waals surface area contributed by atoms with Gasteiger partial charge >= 0.3 is 0 Å². The van der Waals surface area contributed by atoms with Gasteiger partial charge in [-0.05, 0) is 38.9 Å². The van der Waals surface area contributed by atoms with Crippen LogP contribution in [0.25, 0.3) is 0 Å². The van der Waals surface area contributed by atoms with Crippen LogP contribution < -0.4 is 5.32 Å². The van der Waals surface area contributed by atoms with Crippen LogP contribution in [0.15, 0.2) is 23.1 Å². The maximum atomic E-state index is 13.4. The Balaban J connectivity index is 2.74. The highest BCUT2D eigenvalue weighted by atomic mass is 32.2. The molecular weight excluding hydrogens is 260 g/mol. The number of hydrogen-bond acceptors (Lipinski definition) is 3. The molecule has 6 heteroatoms. The van der Waals surface area contributed by atoms with Crippen LogP contribution in [-0.4, -0.2) is 27.3 Å². The second-order valence-electron chi connectivity index (χ2n) is 4.23. The summed E-state index contributed by atoms with van der Waals surface area (Å²) in [7, 11) is -1.89. The smallest absolute Gasteiger partial charge is 0.181 e. The Morgan fingerprint density at radius 1 is 1.33 bits per heavy atom. The molecule has 3 nitrogen and oxygen atoms in total. The lowest BCUT2D eigenvalue weighted by molar-refractivity contribution is 0.537. The van der Waals surface area contributed by atoms with Crippen molar-refractivity contribution >= 4 is 9.84 Å². The van der Waals surface area contributed by atoms with Crippen molar-refractivity contribution in [3.63, 3.8) is 0 Å². The molecule has 102 valence electrons. The Kier molecular flexibility index (Phi) is 5.22. The average Bonchev–Trinajstić information content (AvgIpc) is 2.27. The fraction of sp³-hybridized carbons (Fsp3) is 0.500. The molecule has 1 aromatic rings. The van der Waals surface area contributed by atoms with Gasteiger partial charge in [0.2, 0.25) is 0 Å². The zero-order chi connectivity index (χ0) is 13.8. The van der Waals surface area contributed by atoms with E-state index >= 15 is 0 Å². The molecule has 1 atom stereocenters. The first-order valence-corrected chi connectivity index (χ1v) is 7.37. The van der Waals surface area contributed by atoms with Gasteiger partial charge in [0, 0.05) is 12.1 Å². The van der Waals surface area contributed by atoms with Crippen molar-refractivity contribution in [2.45, 2.75) is 30.7 Å². The van der Waals surface area contributed by atoms with Crippen molar-refractivity contribution in [3.05, 3.63) is 29.8 Å². The van der Waals surface area contributed by atoms with Crippen molar-refractivity contribution in [1.29, 1.82) is 0 Å². The zero-order valence-electron chi connectivity index (χ0n) is 10.4. The molecule has 0 heterocycles. The zero-order valence-corrected chi connectivity index (χ0v) is 11.2. The maximum absolute atomic E-state index is 13.4. The number of nitrogens with one attached hydrogen (secondary N) is 1. The Morgan fingerprint density at radius 3 is 2.56 bits per heavy atom. The molecule has 0 amide bonds. The van der Waals surface area contributed by atoms with Gasteiger partial charge < -0.3 is 5.32 Å². The summed E-state index contributed by atoms with van der Waals surface area (Å²) in [5.41, 5.74) is 0. The maximum Gasteiger partial charge on any atom is 0.181 e. The van der Waals surface area contributed by atoms with Crippen molar-refractivity contribution in [2.24, 2.45) is 0 Å². The van der Waals surface area contributed by atoms with E-state index in [0.717, 1.165) is 12.1 Å². The van der Waals surface area contributed by atoms with E-state index in [1.807, 2.05) is 6.92 Å². The summed E-state index contributed by atoms with van der Waals surface area (Å²) >= 11 is 0. The van der Waals surface area contributed by atoms with Crippen molar-refractivity contribution in [3.8, 4) is 0 Å². The topological polar surface area (TPSA) is 46.2 Å². The molecular formula is C12H17F2NO2S. The van der Waals surface area contributed by atoms with Gasteiger partial charge in [0.25, 0.3) is 0 Å². The van der Waals surface area contributed by atoms with Gasteiger partial charge in [0.1, 0.15) is 16.5 Å². The standard InChI is InChI=1S/C12H17F2NO2S/c1-9(15-2)4-3-7-18(16,17)12-6-5-10(13)8-11(12)14/h5-6,8-9,15H,3-4,7H2,1-2H3. The predicted molar refractivity (Wildman–Crippen MR) is 66.2 cm³/mol. The summed E-state index contributed by atoms with van der Waals surface area (Å²) in [6.07, 6.45) is 1.11. The minimum Gasteiger partial charge on any atom is -0.317 e. The monoisotopic (exact) mass is 277 g/mol. The number of hydrogen-bond donors (Lipinski definition) is 1. The van der Waals surface area contributed by atoms with Gasteiger partial charge in [-0.2, -0.15) is 0 Å². The van der Waals surface area contributed by atoms with Crippen LogP contribution in [0.1, 0.15) is 19.8 Å². The SMILES string of the molecule is CNC(C)CCCS(=O)(=O)c1ccc(F)cc1F. The van der Waals surface area contributed by atoms with Crippen molar-refractivity contribution in [1.82, 2.24) is 5.32 Å². The van der Waals surface area contributed by atoms with Crippen LogP contribution in [0, 0.1) is 11.6 Å². The first-order chi connectivity index (χ1) is 8.36. The van der Waals surface area contributed by atoms with E-state index in [2.05, 4.69) is 5.32 Å². The molecule has 0 saturated carbocycles. The Hall–Kier alpha value is -1.01. The van der Waals surface area contributed by atoms with Crippen LogP contribution in [0.4, 0.5) is 8.78 Å². The molecule has 0 spiro atoms. The largest absolute Gasteiger partial charge is 0.317 e. The molecule has 1 aromatic carbocycles. The van der Waals surface area contributed by atoms with E-state index < -0.39 is 26.4 Å². The van der Waals surface area contributed by atoms with E-state index in [1.54, 1.807) is 7.05 Å². The van der Waals surface area contributed by atoms with Crippen LogP contribution >= 0.6 is 0 Å². The van der Waals surface area contributed by atoms with Crippen LogP contribution in [0.5, 0.6) is 0 Å². The normalized spacial score (nSPS) is 13.6. The second kappa shape index (κ2) is 6.24. The van der Waals surface area contributed by atoms with Gasteiger partial charge in [0.05, 0.1) is 5.75 Å². The fourth-order valence-corrected chi connectivity index (χ4v) is 2.96. The second-order valence-corrected chi connectivity index (χ2v) is 6.30. The summed E-state index contributed by atoms with van der Waals surface area (Å²) in [6.45, 7) is 1.94. The number of halogens is 2. The van der Waals surface area contributed by atoms with E-state index in [0.29, 0.717) is 18.9 Å². The fourth-order valence-electron chi connectivity index (χ4n) is 1.56. The third-order valence-corrected chi connectivity index (χ3v) is 4.60. The molecule has 1 N–H and O–H groups in total. The molecule has 0 bridgehead atoms. The molecule has 1 unspecified atom stereocenters. The van der Waals surface area contributed by atoms with E-state index in [9.17, 15) is 17.2 Å². The summed E-state index contributed by atoms with van der Waals surface area (Å²) in [4.78, 5) is -0.430. The molecule has 0 saturated heterocycles. The molecule has 0 aromatic heterocycles. The minimum atomic E-state index is -3.68. The molecule has 0 aliphatic carbocycles. The number of rotatable bonds is 6. The highest BCUT2D eigenvalue weighted by Crippen LogP contribution is 2.18. The number of sulfone groups is 1. The molecule has 1 rings (SSSR count). The van der Waals surface area contributed by atoms with Crippen molar-refractivity contribution in [2.75, 3.05) is 12.8 Å². The first kappa shape index (κ1) is 15.0. The predicted octanol–water partition coefficient (Wildman–Crippen LogP) is 2.13. The lowest BCUT2D eigenvalue weighted by Gasteiger charge is -2.10. The van der Waals surface area contributed by atoms with Crippen molar-refractivity contribution < 1.29 is 17.2 Å². The summed E-state index contributed by atoms with van der Waals surface area (Å²) < 4.78 is 49.8. The average molecular weight is 277 g/mol. The van der Waals surface area contributed by atoms with Gasteiger partial charge in [0.15, 0.2) is 9.84 Å². The lowest BCUT2D eigenvalue weighted by atomic mass is 10.2. The summed E-state index contributed by atoms with van der Waals surface area (Å²) in [5.74, 6) is -1.95. The Bertz CT molecular complexity index is 503. The van der Waals surface area contributed by atoms with Gasteiger partial charge in [-0.1, -0.05) is 0 Å². The van der Waals surface area contributed by atoms with Crippen LogP contribution in [-0.2, 0) is 9.84 Å². The van der Waals surface area contributed by atoms with E-state index in [4.69, 9.17) is 0 Å². The molecule has 18 heavy (non-hydrogen) atoms. The Labute approximate surface area is 106 Å². The molecule has 0 fully saturated rings. The highest BCUT2D eigenvalue weighted by Gasteiger charge is 2.19. The highest BCUT2D eigenvalue weighted by molar-refractivity contribution is 7.91. The number of benzene rings is 1. The summed E-state index contributed by atoms with van der Waals surface area (Å²) in [6, 6.07) is 2.72. The van der Waals surface area contributed by atoms with E-state index in [1.165, 1.54) is 0 Å². The molecule has 0 aliphatic heterocycles. The quantitative estimate of drug-likeness (QED) is 0.810. The lowest BCUT2D eigenvalue weighted by Crippen LogP contribution is -2.22. The van der Waals surface area contributed by atoms with Gasteiger partial charge in [-0.3, -0.25) is 0 Å². The van der Waals surface area contributed by atoms with E-state index in [-0.39, 0.29) is 11.8 Å². The van der Waals surface area contributed by atoms with Crippen LogP contribution in [0.2, 0.25) is 0 Å². The van der Waals surface area contributed by atoms with Gasteiger partial charge in [-0.25, -0.2) is 17.2 Å².